The number of carboxylic acids is 1. The molecule has 1 aliphatic rings. The number of nitrogens with zero attached hydrogens (tertiary/aromatic N) is 1. The molecule has 1 fully saturated rings. The summed E-state index contributed by atoms with van der Waals surface area (Å²) < 4.78 is 39.2. The van der Waals surface area contributed by atoms with Crippen LogP contribution in [0.25, 0.3) is 10.9 Å². The van der Waals surface area contributed by atoms with Crippen LogP contribution in [-0.4, -0.2) is 16.1 Å². The highest BCUT2D eigenvalue weighted by Gasteiger charge is 2.33. The van der Waals surface area contributed by atoms with Crippen molar-refractivity contribution in [3.63, 3.8) is 0 Å². The van der Waals surface area contributed by atoms with Gasteiger partial charge >= 0.3 is 12.1 Å². The Morgan fingerprint density at radius 1 is 1.23 bits per heavy atom. The number of carbonyl (C=O) groups is 1. The monoisotopic (exact) mass is 365 g/mol. The summed E-state index contributed by atoms with van der Waals surface area (Å²) in [5.41, 5.74) is 0.794. The van der Waals surface area contributed by atoms with E-state index in [9.17, 15) is 23.1 Å². The maximum atomic E-state index is 13.1. The first kappa shape index (κ1) is 18.7. The third-order valence-corrected chi connectivity index (χ3v) is 5.64. The van der Waals surface area contributed by atoms with Gasteiger partial charge in [0.15, 0.2) is 0 Å². The lowest BCUT2D eigenvalue weighted by atomic mass is 9.72. The van der Waals surface area contributed by atoms with Gasteiger partial charge in [0.25, 0.3) is 0 Å². The van der Waals surface area contributed by atoms with Crippen LogP contribution in [-0.2, 0) is 11.0 Å². The number of aromatic nitrogens is 1. The molecule has 1 aromatic carbocycles. The molecule has 3 rings (SSSR count). The SMILES string of the molecule is CCC(C(=O)O)[C@H]1CC[C@@H](c2ccnc3ccc(C(F)(F)F)cc32)CC1. The Kier molecular flexibility index (Phi) is 5.21. The number of fused-ring (bicyclic) bond motifs is 1. The first-order valence-electron chi connectivity index (χ1n) is 9.00. The standard InChI is InChI=1S/C20H22F3NO2/c1-2-15(19(25)26)12-3-5-13(6-4-12)16-9-10-24-18-8-7-14(11-17(16)18)20(21,22)23/h7-13,15H,2-6H2,1H3,(H,25,26)/t12-,13+,15?. The fraction of sp³-hybridized carbons (Fsp3) is 0.500. The van der Waals surface area contributed by atoms with E-state index in [1.807, 2.05) is 13.0 Å². The highest BCUT2D eigenvalue weighted by Crippen LogP contribution is 2.42. The van der Waals surface area contributed by atoms with Crippen LogP contribution in [0.2, 0.25) is 0 Å². The lowest BCUT2D eigenvalue weighted by molar-refractivity contribution is -0.144. The number of rotatable bonds is 4. The van der Waals surface area contributed by atoms with Crippen LogP contribution < -0.4 is 0 Å². The second kappa shape index (κ2) is 7.25. The third-order valence-electron chi connectivity index (χ3n) is 5.64. The summed E-state index contributed by atoms with van der Waals surface area (Å²) in [6.07, 6.45) is 1.04. The molecule has 1 unspecified atom stereocenters. The van der Waals surface area contributed by atoms with Crippen LogP contribution in [0.5, 0.6) is 0 Å². The molecule has 0 saturated heterocycles. The van der Waals surface area contributed by atoms with E-state index in [1.54, 1.807) is 6.20 Å². The van der Waals surface area contributed by atoms with Crippen LogP contribution in [0.1, 0.15) is 56.1 Å². The van der Waals surface area contributed by atoms with Crippen molar-refractivity contribution in [1.29, 1.82) is 0 Å². The number of alkyl halides is 3. The zero-order chi connectivity index (χ0) is 18.9. The Morgan fingerprint density at radius 2 is 1.92 bits per heavy atom. The molecule has 1 heterocycles. The molecule has 1 aliphatic carbocycles. The number of hydrogen-bond donors (Lipinski definition) is 1. The number of pyridine rings is 1. The molecular formula is C20H22F3NO2. The summed E-state index contributed by atoms with van der Waals surface area (Å²) in [4.78, 5) is 15.6. The van der Waals surface area contributed by atoms with Crippen molar-refractivity contribution in [2.24, 2.45) is 11.8 Å². The second-order valence-corrected chi connectivity index (χ2v) is 7.09. The Labute approximate surface area is 150 Å². The Morgan fingerprint density at radius 3 is 2.50 bits per heavy atom. The van der Waals surface area contributed by atoms with E-state index >= 15 is 0 Å². The van der Waals surface area contributed by atoms with Gasteiger partial charge in [0, 0.05) is 11.6 Å². The molecule has 1 saturated carbocycles. The largest absolute Gasteiger partial charge is 0.481 e. The number of hydrogen-bond acceptors (Lipinski definition) is 2. The van der Waals surface area contributed by atoms with Gasteiger partial charge in [-0.05, 0) is 73.8 Å². The van der Waals surface area contributed by atoms with E-state index < -0.39 is 17.7 Å². The summed E-state index contributed by atoms with van der Waals surface area (Å²) in [7, 11) is 0. The van der Waals surface area contributed by atoms with Crippen molar-refractivity contribution in [2.45, 2.75) is 51.1 Å². The average molecular weight is 365 g/mol. The Hall–Kier alpha value is -2.11. The fourth-order valence-electron chi connectivity index (χ4n) is 4.24. The number of halogens is 3. The zero-order valence-electron chi connectivity index (χ0n) is 14.6. The molecule has 1 atom stereocenters. The topological polar surface area (TPSA) is 50.2 Å². The average Bonchev–Trinajstić information content (AvgIpc) is 2.61. The Bertz CT molecular complexity index is 795. The minimum absolute atomic E-state index is 0.145. The van der Waals surface area contributed by atoms with Crippen molar-refractivity contribution in [2.75, 3.05) is 0 Å². The van der Waals surface area contributed by atoms with E-state index in [-0.39, 0.29) is 17.8 Å². The van der Waals surface area contributed by atoms with Crippen LogP contribution >= 0.6 is 0 Å². The van der Waals surface area contributed by atoms with Crippen molar-refractivity contribution in [3.8, 4) is 0 Å². The maximum Gasteiger partial charge on any atom is 0.416 e. The van der Waals surface area contributed by atoms with Gasteiger partial charge in [-0.2, -0.15) is 13.2 Å². The molecule has 1 N–H and O–H groups in total. The van der Waals surface area contributed by atoms with E-state index in [0.29, 0.717) is 17.3 Å². The predicted molar refractivity (Wildman–Crippen MR) is 92.9 cm³/mol. The smallest absolute Gasteiger partial charge is 0.416 e. The minimum Gasteiger partial charge on any atom is -0.481 e. The van der Waals surface area contributed by atoms with Crippen LogP contribution in [0.4, 0.5) is 13.2 Å². The molecule has 3 nitrogen and oxygen atoms in total. The van der Waals surface area contributed by atoms with Gasteiger partial charge < -0.3 is 5.11 Å². The van der Waals surface area contributed by atoms with Gasteiger partial charge in [-0.1, -0.05) is 6.92 Å². The maximum absolute atomic E-state index is 13.1. The van der Waals surface area contributed by atoms with E-state index in [4.69, 9.17) is 0 Å². The Balaban J connectivity index is 1.86. The third kappa shape index (κ3) is 3.69. The highest BCUT2D eigenvalue weighted by molar-refractivity contribution is 5.83. The highest BCUT2D eigenvalue weighted by atomic mass is 19.4. The summed E-state index contributed by atoms with van der Waals surface area (Å²) >= 11 is 0. The molecule has 2 aromatic rings. The van der Waals surface area contributed by atoms with Gasteiger partial charge in [-0.15, -0.1) is 0 Å². The molecule has 0 bridgehead atoms. The molecule has 0 spiro atoms. The van der Waals surface area contributed by atoms with Crippen LogP contribution in [0, 0.1) is 11.8 Å². The summed E-state index contributed by atoms with van der Waals surface area (Å²) in [6.45, 7) is 1.89. The van der Waals surface area contributed by atoms with Gasteiger partial charge in [0.2, 0.25) is 0 Å². The number of carboxylic acid groups (broad SMARTS) is 1. The summed E-state index contributed by atoms with van der Waals surface area (Å²) in [6, 6.07) is 5.48. The molecule has 140 valence electrons. The van der Waals surface area contributed by atoms with Gasteiger partial charge in [-0.3, -0.25) is 9.78 Å². The molecular weight excluding hydrogens is 343 g/mol. The van der Waals surface area contributed by atoms with E-state index in [2.05, 4.69) is 4.98 Å². The van der Waals surface area contributed by atoms with E-state index in [1.165, 1.54) is 12.1 Å². The first-order valence-corrected chi connectivity index (χ1v) is 9.00. The summed E-state index contributed by atoms with van der Waals surface area (Å²) in [5.74, 6) is -0.791. The van der Waals surface area contributed by atoms with Gasteiger partial charge in [0.1, 0.15) is 0 Å². The van der Waals surface area contributed by atoms with Crippen LogP contribution in [0.15, 0.2) is 30.5 Å². The lowest BCUT2D eigenvalue weighted by Crippen LogP contribution is -2.26. The minimum atomic E-state index is -4.38. The first-order chi connectivity index (χ1) is 12.3. The van der Waals surface area contributed by atoms with Gasteiger partial charge in [-0.25, -0.2) is 0 Å². The van der Waals surface area contributed by atoms with Crippen molar-refractivity contribution >= 4 is 16.9 Å². The molecule has 0 radical (unpaired) electrons. The number of aliphatic carboxylic acids is 1. The lowest BCUT2D eigenvalue weighted by Gasteiger charge is -2.32. The van der Waals surface area contributed by atoms with Gasteiger partial charge in [0.05, 0.1) is 17.0 Å². The van der Waals surface area contributed by atoms with Crippen molar-refractivity contribution < 1.29 is 23.1 Å². The quantitative estimate of drug-likeness (QED) is 0.763. The zero-order valence-corrected chi connectivity index (χ0v) is 14.6. The normalized spacial score (nSPS) is 22.3. The molecule has 0 amide bonds. The van der Waals surface area contributed by atoms with Crippen molar-refractivity contribution in [3.05, 3.63) is 41.6 Å². The van der Waals surface area contributed by atoms with Crippen molar-refractivity contribution in [1.82, 2.24) is 4.98 Å². The van der Waals surface area contributed by atoms with E-state index in [0.717, 1.165) is 37.3 Å². The molecule has 6 heteroatoms. The number of benzene rings is 1. The fourth-order valence-corrected chi connectivity index (χ4v) is 4.24. The molecule has 26 heavy (non-hydrogen) atoms. The second-order valence-electron chi connectivity index (χ2n) is 7.09. The molecule has 1 aromatic heterocycles. The molecule has 0 aliphatic heterocycles. The van der Waals surface area contributed by atoms with Crippen LogP contribution in [0.3, 0.4) is 0 Å². The summed E-state index contributed by atoms with van der Waals surface area (Å²) in [5, 5.41) is 9.89. The predicted octanol–water partition coefficient (Wildman–Crippen LogP) is 5.64.